The molecule has 0 amide bonds. The van der Waals surface area contributed by atoms with E-state index in [1.807, 2.05) is 0 Å². The van der Waals surface area contributed by atoms with E-state index in [-0.39, 0.29) is 35.0 Å². The van der Waals surface area contributed by atoms with Crippen LogP contribution in [0.4, 0.5) is 17.6 Å². The molecule has 1 aliphatic heterocycles. The molecule has 0 spiro atoms. The zero-order valence-corrected chi connectivity index (χ0v) is 21.8. The van der Waals surface area contributed by atoms with Crippen LogP contribution in [0, 0.1) is 11.7 Å². The van der Waals surface area contributed by atoms with Gasteiger partial charge in [0.15, 0.2) is 0 Å². The van der Waals surface area contributed by atoms with Crippen LogP contribution in [0.2, 0.25) is 0 Å². The number of halogens is 4. The van der Waals surface area contributed by atoms with E-state index in [1.165, 1.54) is 41.3 Å². The third kappa shape index (κ3) is 5.64. The molecular formula is C27H30F4N4O2S. The molecule has 2 aliphatic rings. The summed E-state index contributed by atoms with van der Waals surface area (Å²) < 4.78 is 84.1. The van der Waals surface area contributed by atoms with Gasteiger partial charge in [0.05, 0.1) is 11.8 Å². The van der Waals surface area contributed by atoms with Crippen molar-refractivity contribution in [3.8, 4) is 0 Å². The number of nitrogens with one attached hydrogen (secondary N) is 1. The molecule has 1 aliphatic carbocycles. The molecule has 0 bridgehead atoms. The molecule has 1 fully saturated rings. The van der Waals surface area contributed by atoms with Gasteiger partial charge in [0.2, 0.25) is 10.0 Å². The number of hydrogen-bond acceptors (Lipinski definition) is 4. The van der Waals surface area contributed by atoms with Gasteiger partial charge in [-0.15, -0.1) is 0 Å². The lowest BCUT2D eigenvalue weighted by Crippen LogP contribution is -2.42. The molecule has 204 valence electrons. The Morgan fingerprint density at radius 1 is 1.08 bits per heavy atom. The Balaban J connectivity index is 1.42. The highest BCUT2D eigenvalue weighted by Gasteiger charge is 2.42. The average Bonchev–Trinajstić information content (AvgIpc) is 3.38. The third-order valence-electron chi connectivity index (χ3n) is 7.75. The van der Waals surface area contributed by atoms with Crippen molar-refractivity contribution in [3.05, 3.63) is 82.9 Å². The fourth-order valence-electron chi connectivity index (χ4n) is 5.79. The summed E-state index contributed by atoms with van der Waals surface area (Å²) in [6, 6.07) is 10.0. The largest absolute Gasteiger partial charge is 0.416 e. The normalized spacial score (nSPS) is 21.9. The Hall–Kier alpha value is -2.76. The van der Waals surface area contributed by atoms with Crippen LogP contribution in [-0.4, -0.2) is 49.3 Å². The van der Waals surface area contributed by atoms with E-state index in [2.05, 4.69) is 14.7 Å². The Bertz CT molecular complexity index is 1400. The summed E-state index contributed by atoms with van der Waals surface area (Å²) in [6.45, 7) is 2.75. The smallest absolute Gasteiger partial charge is 0.303 e. The van der Waals surface area contributed by atoms with E-state index >= 15 is 0 Å². The number of sulfonamides is 1. The van der Waals surface area contributed by atoms with Crippen LogP contribution in [0.5, 0.6) is 0 Å². The number of likely N-dealkylation sites (tertiary alicyclic amines) is 1. The van der Waals surface area contributed by atoms with Crippen molar-refractivity contribution in [2.75, 3.05) is 26.2 Å². The number of alkyl halides is 3. The maximum atomic E-state index is 14.4. The van der Waals surface area contributed by atoms with Crippen molar-refractivity contribution in [2.45, 2.75) is 42.2 Å². The average molecular weight is 551 g/mol. The summed E-state index contributed by atoms with van der Waals surface area (Å²) in [6.07, 6.45) is 0.174. The number of hydrogen-bond donors (Lipinski definition) is 1. The summed E-state index contributed by atoms with van der Waals surface area (Å²) in [5, 5.41) is 3.92. The van der Waals surface area contributed by atoms with Gasteiger partial charge in [-0.3, -0.25) is 4.68 Å². The zero-order chi connectivity index (χ0) is 27.1. The molecule has 1 saturated heterocycles. The summed E-state index contributed by atoms with van der Waals surface area (Å²) in [7, 11) is -2.12. The molecule has 2 aromatic carbocycles. The lowest BCUT2D eigenvalue weighted by molar-refractivity contribution is -0.137. The summed E-state index contributed by atoms with van der Waals surface area (Å²) >= 11 is 0. The first-order chi connectivity index (χ1) is 18.0. The summed E-state index contributed by atoms with van der Waals surface area (Å²) in [5.41, 5.74) is 1.63. The van der Waals surface area contributed by atoms with Gasteiger partial charge in [-0.05, 0) is 85.0 Å². The van der Waals surface area contributed by atoms with Gasteiger partial charge in [-0.2, -0.15) is 18.3 Å². The van der Waals surface area contributed by atoms with Crippen LogP contribution >= 0.6 is 0 Å². The standard InChI is InChI=1S/C27H30F4N4O2S/c1-34-16-21(15-32-34)38(36,37)33-9-8-23-25-14-20(28)6-7-22(25)24(26(23)17-35-10-3-11-35)13-18-4-2-5-19(12-18)27(29,30)31/h2,4-7,12,14-16,23-24,26,33H,3,8-11,13,17H2,1H3. The fraction of sp³-hybridized carbons (Fsp3) is 0.444. The number of nitrogens with zero attached hydrogens (tertiary/aromatic N) is 3. The van der Waals surface area contributed by atoms with Gasteiger partial charge in [-0.25, -0.2) is 17.5 Å². The van der Waals surface area contributed by atoms with E-state index in [0.717, 1.165) is 43.2 Å². The van der Waals surface area contributed by atoms with Crippen molar-refractivity contribution >= 4 is 10.0 Å². The molecule has 3 aromatic rings. The second-order valence-electron chi connectivity index (χ2n) is 10.2. The van der Waals surface area contributed by atoms with E-state index in [9.17, 15) is 26.0 Å². The molecule has 3 atom stereocenters. The molecule has 3 unspecified atom stereocenters. The van der Waals surface area contributed by atoms with Crippen molar-refractivity contribution in [1.29, 1.82) is 0 Å². The molecule has 2 heterocycles. The van der Waals surface area contributed by atoms with Crippen molar-refractivity contribution in [1.82, 2.24) is 19.4 Å². The minimum atomic E-state index is -4.43. The van der Waals surface area contributed by atoms with Gasteiger partial charge in [-0.1, -0.05) is 24.3 Å². The number of benzene rings is 2. The number of aromatic nitrogens is 2. The minimum Gasteiger partial charge on any atom is -0.303 e. The zero-order valence-electron chi connectivity index (χ0n) is 21.0. The van der Waals surface area contributed by atoms with Gasteiger partial charge in [0, 0.05) is 26.3 Å². The van der Waals surface area contributed by atoms with Crippen LogP contribution in [0.1, 0.15) is 46.9 Å². The van der Waals surface area contributed by atoms with E-state index in [4.69, 9.17) is 0 Å². The van der Waals surface area contributed by atoms with E-state index in [0.29, 0.717) is 18.4 Å². The van der Waals surface area contributed by atoms with Crippen molar-refractivity contribution in [2.24, 2.45) is 13.0 Å². The molecule has 38 heavy (non-hydrogen) atoms. The minimum absolute atomic E-state index is 0.00420. The molecule has 0 saturated carbocycles. The van der Waals surface area contributed by atoms with Gasteiger partial charge < -0.3 is 4.90 Å². The summed E-state index contributed by atoms with van der Waals surface area (Å²) in [5.74, 6) is -0.639. The van der Waals surface area contributed by atoms with Crippen LogP contribution < -0.4 is 4.72 Å². The lowest BCUT2D eigenvalue weighted by Gasteiger charge is -2.37. The Morgan fingerprint density at radius 3 is 2.53 bits per heavy atom. The first-order valence-corrected chi connectivity index (χ1v) is 14.2. The first kappa shape index (κ1) is 26.8. The Morgan fingerprint density at radius 2 is 1.87 bits per heavy atom. The second-order valence-corrected chi connectivity index (χ2v) is 12.0. The Labute approximate surface area is 219 Å². The van der Waals surface area contributed by atoms with Gasteiger partial charge in [0.1, 0.15) is 10.7 Å². The molecular weight excluding hydrogens is 520 g/mol. The van der Waals surface area contributed by atoms with Gasteiger partial charge in [0.25, 0.3) is 0 Å². The van der Waals surface area contributed by atoms with Crippen LogP contribution in [0.3, 0.4) is 0 Å². The van der Waals surface area contributed by atoms with Gasteiger partial charge >= 0.3 is 6.18 Å². The highest BCUT2D eigenvalue weighted by molar-refractivity contribution is 7.89. The van der Waals surface area contributed by atoms with Crippen LogP contribution in [0.25, 0.3) is 0 Å². The number of rotatable bonds is 9. The SMILES string of the molecule is Cn1cc(S(=O)(=O)NCCC2c3cc(F)ccc3C(Cc3cccc(C(F)(F)F)c3)C2CN2CCC2)cn1. The van der Waals surface area contributed by atoms with E-state index in [1.54, 1.807) is 19.2 Å². The molecule has 0 radical (unpaired) electrons. The maximum absolute atomic E-state index is 14.4. The quantitative estimate of drug-likeness (QED) is 0.393. The van der Waals surface area contributed by atoms with E-state index < -0.39 is 21.8 Å². The van der Waals surface area contributed by atoms with Crippen LogP contribution in [-0.2, 0) is 29.7 Å². The number of aryl methyl sites for hydroxylation is 1. The molecule has 11 heteroatoms. The van der Waals surface area contributed by atoms with Crippen LogP contribution in [0.15, 0.2) is 59.8 Å². The van der Waals surface area contributed by atoms with Crippen molar-refractivity contribution in [3.63, 3.8) is 0 Å². The fourth-order valence-corrected chi connectivity index (χ4v) is 6.82. The molecule has 1 aromatic heterocycles. The predicted octanol–water partition coefficient (Wildman–Crippen LogP) is 4.69. The lowest BCUT2D eigenvalue weighted by atomic mass is 9.81. The Kier molecular flexibility index (Phi) is 7.36. The van der Waals surface area contributed by atoms with Crippen molar-refractivity contribution < 1.29 is 26.0 Å². The third-order valence-corrected chi connectivity index (χ3v) is 9.16. The number of fused-ring (bicyclic) bond motifs is 1. The molecule has 6 nitrogen and oxygen atoms in total. The highest BCUT2D eigenvalue weighted by Crippen LogP contribution is 2.50. The topological polar surface area (TPSA) is 67.2 Å². The second kappa shape index (κ2) is 10.4. The predicted molar refractivity (Wildman–Crippen MR) is 135 cm³/mol. The summed E-state index contributed by atoms with van der Waals surface area (Å²) in [4.78, 5) is 2.37. The molecule has 5 rings (SSSR count). The monoisotopic (exact) mass is 550 g/mol. The maximum Gasteiger partial charge on any atom is 0.416 e. The first-order valence-electron chi connectivity index (χ1n) is 12.7. The molecule has 1 N–H and O–H groups in total. The highest BCUT2D eigenvalue weighted by atomic mass is 32.2.